The summed E-state index contributed by atoms with van der Waals surface area (Å²) in [5.41, 5.74) is 6.96. The molecule has 0 aliphatic carbocycles. The smallest absolute Gasteiger partial charge is 0.305 e. The molecule has 2 N–H and O–H groups in total. The fourth-order valence-corrected chi connectivity index (χ4v) is 4.88. The van der Waals surface area contributed by atoms with Gasteiger partial charge in [0.1, 0.15) is 5.69 Å². The van der Waals surface area contributed by atoms with Crippen LogP contribution in [0, 0.1) is 0 Å². The third-order valence-electron chi connectivity index (χ3n) is 6.84. The molecule has 3 aromatic carbocycles. The molecule has 0 aliphatic heterocycles. The second-order valence-electron chi connectivity index (χ2n) is 9.55. The summed E-state index contributed by atoms with van der Waals surface area (Å²) in [4.78, 5) is 11.2. The van der Waals surface area contributed by atoms with Crippen molar-refractivity contribution in [2.24, 2.45) is 0 Å². The van der Waals surface area contributed by atoms with E-state index in [2.05, 4.69) is 95.7 Å². The molecule has 0 radical (unpaired) electrons. The number of benzene rings is 3. The average Bonchev–Trinajstić information content (AvgIpc) is 3.34. The van der Waals surface area contributed by atoms with Crippen molar-refractivity contribution in [3.05, 3.63) is 91.0 Å². The first-order valence-electron chi connectivity index (χ1n) is 13.6. The predicted molar refractivity (Wildman–Crippen MR) is 156 cm³/mol. The first-order valence-corrected chi connectivity index (χ1v) is 13.6. The Morgan fingerprint density at radius 3 is 1.68 bits per heavy atom. The van der Waals surface area contributed by atoms with E-state index < -0.39 is 0 Å². The molecule has 0 aliphatic rings. The molecule has 0 amide bonds. The van der Waals surface area contributed by atoms with Crippen LogP contribution in [0.1, 0.15) is 57.8 Å². The Bertz CT molecular complexity index is 1220. The molecule has 5 heteroatoms. The maximum Gasteiger partial charge on any atom is 0.305 e. The van der Waals surface area contributed by atoms with Gasteiger partial charge in [0, 0.05) is 29.7 Å². The Labute approximate surface area is 226 Å². The van der Waals surface area contributed by atoms with Crippen LogP contribution in [0.5, 0.6) is 0 Å². The molecule has 4 aromatic rings. The maximum absolute atomic E-state index is 11.2. The fraction of sp³-hybridized carbons (Fsp3) is 0.333. The van der Waals surface area contributed by atoms with Crippen LogP contribution >= 0.6 is 0 Å². The van der Waals surface area contributed by atoms with Gasteiger partial charge in [0.25, 0.3) is 0 Å². The second kappa shape index (κ2) is 15.5. The number of rotatable bonds is 14. The SMILES string of the molecule is COC(=O)CCCCCCCCCCn1nc(-c2ccccc2)c(-c2ccccc2)c1-c1ccccc1.O. The van der Waals surface area contributed by atoms with E-state index in [-0.39, 0.29) is 11.4 Å². The summed E-state index contributed by atoms with van der Waals surface area (Å²) in [7, 11) is 1.46. The number of hydrogen-bond donors (Lipinski definition) is 0. The van der Waals surface area contributed by atoms with Crippen LogP contribution in [0.25, 0.3) is 33.6 Å². The van der Waals surface area contributed by atoms with Gasteiger partial charge < -0.3 is 10.2 Å². The van der Waals surface area contributed by atoms with Crippen molar-refractivity contribution in [2.45, 2.75) is 64.3 Å². The van der Waals surface area contributed by atoms with Crippen LogP contribution in [0.2, 0.25) is 0 Å². The Morgan fingerprint density at radius 1 is 0.658 bits per heavy atom. The van der Waals surface area contributed by atoms with Gasteiger partial charge in [0.05, 0.1) is 12.8 Å². The zero-order valence-corrected chi connectivity index (χ0v) is 22.4. The van der Waals surface area contributed by atoms with Gasteiger partial charge in [-0.1, -0.05) is 130 Å². The van der Waals surface area contributed by atoms with Crippen molar-refractivity contribution < 1.29 is 15.0 Å². The summed E-state index contributed by atoms with van der Waals surface area (Å²) in [6, 6.07) is 31.8. The van der Waals surface area contributed by atoms with Crippen LogP contribution in [-0.4, -0.2) is 28.3 Å². The molecule has 0 unspecified atom stereocenters. The van der Waals surface area contributed by atoms with Crippen molar-refractivity contribution in [1.29, 1.82) is 0 Å². The third-order valence-corrected chi connectivity index (χ3v) is 6.84. The van der Waals surface area contributed by atoms with Gasteiger partial charge in [-0.2, -0.15) is 5.10 Å². The third kappa shape index (κ3) is 7.90. The highest BCUT2D eigenvalue weighted by Gasteiger charge is 2.21. The number of methoxy groups -OCH3 is 1. The van der Waals surface area contributed by atoms with E-state index in [1.54, 1.807) is 0 Å². The molecule has 0 spiro atoms. The van der Waals surface area contributed by atoms with Gasteiger partial charge in [0.15, 0.2) is 0 Å². The summed E-state index contributed by atoms with van der Waals surface area (Å²) >= 11 is 0. The molecule has 0 bridgehead atoms. The Morgan fingerprint density at radius 2 is 1.13 bits per heavy atom. The molecular weight excluding hydrogens is 472 g/mol. The summed E-state index contributed by atoms with van der Waals surface area (Å²) in [6.45, 7) is 0.899. The molecule has 1 heterocycles. The Kier molecular flexibility index (Phi) is 11.8. The van der Waals surface area contributed by atoms with Gasteiger partial charge in [0.2, 0.25) is 0 Å². The lowest BCUT2D eigenvalue weighted by Crippen LogP contribution is -2.03. The quantitative estimate of drug-likeness (QED) is 0.128. The largest absolute Gasteiger partial charge is 0.469 e. The zero-order valence-electron chi connectivity index (χ0n) is 22.4. The van der Waals surface area contributed by atoms with E-state index in [1.807, 2.05) is 0 Å². The maximum atomic E-state index is 11.2. The standard InChI is InChI=1S/C33H38N2O2.H2O/c1-37-30(36)25-17-6-4-2-3-5-7-18-26-35-33(29-23-15-10-16-24-29)31(27-19-11-8-12-20-27)32(34-35)28-21-13-9-14-22-28;/h8-16,19-24H,2-7,17-18,25-26H2,1H3;1H2. The molecule has 0 atom stereocenters. The van der Waals surface area contributed by atoms with Crippen LogP contribution in [0.15, 0.2) is 91.0 Å². The second-order valence-corrected chi connectivity index (χ2v) is 9.55. The molecule has 200 valence electrons. The van der Waals surface area contributed by atoms with Crippen molar-refractivity contribution in [3.63, 3.8) is 0 Å². The normalized spacial score (nSPS) is 10.7. The number of aryl methyl sites for hydroxylation is 1. The molecule has 1 aromatic heterocycles. The van der Waals surface area contributed by atoms with Gasteiger partial charge in [-0.05, 0) is 18.4 Å². The van der Waals surface area contributed by atoms with E-state index in [9.17, 15) is 4.79 Å². The van der Waals surface area contributed by atoms with Gasteiger partial charge >= 0.3 is 5.97 Å². The lowest BCUT2D eigenvalue weighted by molar-refractivity contribution is -0.140. The number of carbonyl (C=O) groups excluding carboxylic acids is 1. The number of aromatic nitrogens is 2. The number of hydrogen-bond acceptors (Lipinski definition) is 3. The topological polar surface area (TPSA) is 75.6 Å². The zero-order chi connectivity index (χ0) is 25.7. The van der Waals surface area contributed by atoms with E-state index in [0.29, 0.717) is 6.42 Å². The number of carbonyl (C=O) groups is 1. The molecule has 0 saturated carbocycles. The summed E-state index contributed by atoms with van der Waals surface area (Å²) in [5, 5.41) is 5.20. The first-order chi connectivity index (χ1) is 18.3. The minimum atomic E-state index is -0.0978. The van der Waals surface area contributed by atoms with E-state index in [1.165, 1.54) is 61.6 Å². The highest BCUT2D eigenvalue weighted by molar-refractivity contribution is 5.91. The van der Waals surface area contributed by atoms with Crippen LogP contribution in [-0.2, 0) is 16.1 Å². The lowest BCUT2D eigenvalue weighted by Gasteiger charge is -2.11. The number of unbranched alkanes of at least 4 members (excludes halogenated alkanes) is 7. The van der Waals surface area contributed by atoms with Crippen molar-refractivity contribution in [3.8, 4) is 33.6 Å². The van der Waals surface area contributed by atoms with Crippen LogP contribution in [0.3, 0.4) is 0 Å². The summed E-state index contributed by atoms with van der Waals surface area (Å²) in [5.74, 6) is -0.0978. The molecule has 0 fully saturated rings. The minimum absolute atomic E-state index is 0. The molecule has 5 nitrogen and oxygen atoms in total. The molecular formula is C33H40N2O3. The summed E-state index contributed by atoms with van der Waals surface area (Å²) < 4.78 is 6.94. The Balaban J connectivity index is 0.00000400. The monoisotopic (exact) mass is 512 g/mol. The van der Waals surface area contributed by atoms with Crippen LogP contribution < -0.4 is 0 Å². The summed E-state index contributed by atoms with van der Waals surface area (Å²) in [6.07, 6.45) is 9.77. The van der Waals surface area contributed by atoms with E-state index >= 15 is 0 Å². The van der Waals surface area contributed by atoms with Gasteiger partial charge in [-0.15, -0.1) is 0 Å². The average molecular weight is 513 g/mol. The molecule has 0 saturated heterocycles. The van der Waals surface area contributed by atoms with E-state index in [4.69, 9.17) is 9.84 Å². The van der Waals surface area contributed by atoms with Gasteiger partial charge in [-0.25, -0.2) is 0 Å². The number of esters is 1. The van der Waals surface area contributed by atoms with Gasteiger partial charge in [-0.3, -0.25) is 9.48 Å². The number of nitrogens with zero attached hydrogens (tertiary/aromatic N) is 2. The highest BCUT2D eigenvalue weighted by atomic mass is 16.5. The minimum Gasteiger partial charge on any atom is -0.469 e. The Hall–Kier alpha value is -3.70. The fourth-order valence-electron chi connectivity index (χ4n) is 4.88. The molecule has 38 heavy (non-hydrogen) atoms. The van der Waals surface area contributed by atoms with Crippen molar-refractivity contribution in [2.75, 3.05) is 7.11 Å². The lowest BCUT2D eigenvalue weighted by atomic mass is 9.96. The van der Waals surface area contributed by atoms with Crippen LogP contribution in [0.4, 0.5) is 0 Å². The predicted octanol–water partition coefficient (Wildman–Crippen LogP) is 7.74. The van der Waals surface area contributed by atoms with E-state index in [0.717, 1.165) is 37.1 Å². The first kappa shape index (κ1) is 28.9. The highest BCUT2D eigenvalue weighted by Crippen LogP contribution is 2.40. The van der Waals surface area contributed by atoms with Crippen molar-refractivity contribution >= 4 is 5.97 Å². The molecule has 4 rings (SSSR count). The van der Waals surface area contributed by atoms with Crippen molar-refractivity contribution in [1.82, 2.24) is 9.78 Å². The number of ether oxygens (including phenoxy) is 1.